The van der Waals surface area contributed by atoms with Crippen LogP contribution < -0.4 is 5.32 Å². The van der Waals surface area contributed by atoms with E-state index >= 15 is 0 Å². The zero-order chi connectivity index (χ0) is 23.5. The summed E-state index contributed by atoms with van der Waals surface area (Å²) >= 11 is 17.7. The molecule has 0 aliphatic carbocycles. The molecule has 2 aromatic carbocycles. The first-order valence-corrected chi connectivity index (χ1v) is 13.4. The molecule has 2 rings (SSSR count). The van der Waals surface area contributed by atoms with E-state index < -0.39 is 6.04 Å². The van der Waals surface area contributed by atoms with Crippen LogP contribution in [0.3, 0.4) is 0 Å². The molecule has 0 aromatic heterocycles. The van der Waals surface area contributed by atoms with E-state index in [1.54, 1.807) is 23.1 Å². The van der Waals surface area contributed by atoms with Crippen LogP contribution in [0.4, 0.5) is 0 Å². The van der Waals surface area contributed by atoms with Gasteiger partial charge in [-0.25, -0.2) is 0 Å². The average molecular weight is 560 g/mol. The van der Waals surface area contributed by atoms with Gasteiger partial charge in [0.2, 0.25) is 11.8 Å². The Hall–Kier alpha value is -1.21. The van der Waals surface area contributed by atoms with E-state index in [1.807, 2.05) is 31.2 Å². The van der Waals surface area contributed by atoms with Gasteiger partial charge in [-0.2, -0.15) is 0 Å². The van der Waals surface area contributed by atoms with Gasteiger partial charge in [0.1, 0.15) is 6.04 Å². The predicted molar refractivity (Wildman–Crippen MR) is 139 cm³/mol. The van der Waals surface area contributed by atoms with Crippen LogP contribution in [0, 0.1) is 0 Å². The molecule has 0 saturated carbocycles. The third-order valence-corrected chi connectivity index (χ3v) is 7.24. The minimum atomic E-state index is -0.583. The van der Waals surface area contributed by atoms with Gasteiger partial charge in [0.05, 0.1) is 5.75 Å². The van der Waals surface area contributed by atoms with Gasteiger partial charge in [-0.1, -0.05) is 77.6 Å². The minimum absolute atomic E-state index is 0.111. The van der Waals surface area contributed by atoms with Gasteiger partial charge in [-0.15, -0.1) is 11.8 Å². The van der Waals surface area contributed by atoms with Crippen molar-refractivity contribution in [1.82, 2.24) is 10.2 Å². The number of unbranched alkanes of at least 4 members (excludes halogenated alkanes) is 1. The molecule has 0 saturated heterocycles. The monoisotopic (exact) mass is 558 g/mol. The Balaban J connectivity index is 2.16. The zero-order valence-electron chi connectivity index (χ0n) is 18.4. The Morgan fingerprint density at radius 2 is 1.75 bits per heavy atom. The fraction of sp³-hybridized carbons (Fsp3) is 0.417. The summed E-state index contributed by atoms with van der Waals surface area (Å²) in [4.78, 5) is 27.8. The van der Waals surface area contributed by atoms with Crippen LogP contribution >= 0.6 is 50.9 Å². The van der Waals surface area contributed by atoms with Crippen molar-refractivity contribution >= 4 is 62.7 Å². The number of carbonyl (C=O) groups is 2. The fourth-order valence-electron chi connectivity index (χ4n) is 3.20. The van der Waals surface area contributed by atoms with Crippen LogP contribution in [0.25, 0.3) is 0 Å². The number of halogens is 3. The van der Waals surface area contributed by atoms with Crippen LogP contribution in [-0.2, 0) is 21.9 Å². The number of rotatable bonds is 12. The smallest absolute Gasteiger partial charge is 0.242 e. The Kier molecular flexibility index (Phi) is 11.9. The van der Waals surface area contributed by atoms with E-state index in [0.29, 0.717) is 34.3 Å². The number of carbonyl (C=O) groups excluding carboxylic acids is 2. The highest BCUT2D eigenvalue weighted by Crippen LogP contribution is 2.27. The number of benzene rings is 2. The average Bonchev–Trinajstić information content (AvgIpc) is 2.77. The van der Waals surface area contributed by atoms with Crippen molar-refractivity contribution in [2.24, 2.45) is 0 Å². The summed E-state index contributed by atoms with van der Waals surface area (Å²) in [5.74, 6) is 0.715. The first-order chi connectivity index (χ1) is 15.4. The van der Waals surface area contributed by atoms with Crippen LogP contribution in [0.1, 0.15) is 44.2 Å². The zero-order valence-corrected chi connectivity index (χ0v) is 22.3. The van der Waals surface area contributed by atoms with Gasteiger partial charge in [0.15, 0.2) is 0 Å². The van der Waals surface area contributed by atoms with Gasteiger partial charge < -0.3 is 10.2 Å². The molecule has 0 bridgehead atoms. The molecule has 1 N–H and O–H groups in total. The molecule has 0 heterocycles. The third-order valence-electron chi connectivity index (χ3n) is 5.01. The van der Waals surface area contributed by atoms with Crippen molar-refractivity contribution in [2.75, 3.05) is 12.3 Å². The normalized spacial score (nSPS) is 11.8. The Labute approximate surface area is 213 Å². The first-order valence-electron chi connectivity index (χ1n) is 10.7. The summed E-state index contributed by atoms with van der Waals surface area (Å²) < 4.78 is 1.02. The highest BCUT2D eigenvalue weighted by molar-refractivity contribution is 9.10. The van der Waals surface area contributed by atoms with E-state index in [0.717, 1.165) is 22.9 Å². The summed E-state index contributed by atoms with van der Waals surface area (Å²) in [5, 5.41) is 3.93. The molecular formula is C24H29BrCl2N2O2S. The third kappa shape index (κ3) is 8.29. The van der Waals surface area contributed by atoms with Crippen LogP contribution in [-0.4, -0.2) is 35.1 Å². The second-order valence-electron chi connectivity index (χ2n) is 7.41. The molecule has 4 nitrogen and oxygen atoms in total. The van der Waals surface area contributed by atoms with E-state index in [9.17, 15) is 9.59 Å². The van der Waals surface area contributed by atoms with Crippen molar-refractivity contribution in [3.05, 3.63) is 68.1 Å². The van der Waals surface area contributed by atoms with Crippen molar-refractivity contribution in [3.8, 4) is 0 Å². The second kappa shape index (κ2) is 14.1. The lowest BCUT2D eigenvalue weighted by Gasteiger charge is -2.31. The number of hydrogen-bond acceptors (Lipinski definition) is 3. The maximum atomic E-state index is 13.3. The molecule has 1 unspecified atom stereocenters. The number of amides is 2. The minimum Gasteiger partial charge on any atom is -0.354 e. The quantitative estimate of drug-likeness (QED) is 0.294. The number of nitrogens with one attached hydrogen (secondary N) is 1. The van der Waals surface area contributed by atoms with Crippen molar-refractivity contribution < 1.29 is 9.59 Å². The number of thioether (sulfide) groups is 1. The summed E-state index contributed by atoms with van der Waals surface area (Å²) in [5.41, 5.74) is 1.79. The number of hydrogen-bond donors (Lipinski definition) is 1. The Morgan fingerprint density at radius 1 is 1.09 bits per heavy atom. The lowest BCUT2D eigenvalue weighted by Crippen LogP contribution is -2.49. The highest BCUT2D eigenvalue weighted by atomic mass is 79.9. The fourth-order valence-corrected chi connectivity index (χ4v) is 4.85. The highest BCUT2D eigenvalue weighted by Gasteiger charge is 2.29. The predicted octanol–water partition coefficient (Wildman–Crippen LogP) is 6.71. The first kappa shape index (κ1) is 27.0. The van der Waals surface area contributed by atoms with Crippen molar-refractivity contribution in [3.63, 3.8) is 0 Å². The molecule has 0 aliphatic rings. The standard InChI is InChI=1S/C24H29BrCl2N2O2S/c1-3-5-13-28-24(31)22(4-2)29(14-19-20(26)7-6-8-21(19)27)23(30)16-32-15-17-9-11-18(25)12-10-17/h6-12,22H,3-5,13-16H2,1-2H3,(H,28,31). The van der Waals surface area contributed by atoms with Gasteiger partial charge in [-0.3, -0.25) is 9.59 Å². The maximum absolute atomic E-state index is 13.3. The maximum Gasteiger partial charge on any atom is 0.242 e. The molecule has 0 aliphatic heterocycles. The molecule has 0 spiro atoms. The summed E-state index contributed by atoms with van der Waals surface area (Å²) in [6.45, 7) is 4.77. The Morgan fingerprint density at radius 3 is 2.34 bits per heavy atom. The molecule has 2 aromatic rings. The number of nitrogens with zero attached hydrogens (tertiary/aromatic N) is 1. The van der Waals surface area contributed by atoms with E-state index in [4.69, 9.17) is 23.2 Å². The largest absolute Gasteiger partial charge is 0.354 e. The van der Waals surface area contributed by atoms with Crippen molar-refractivity contribution in [1.29, 1.82) is 0 Å². The summed E-state index contributed by atoms with van der Waals surface area (Å²) in [7, 11) is 0. The summed E-state index contributed by atoms with van der Waals surface area (Å²) in [6.07, 6.45) is 2.39. The lowest BCUT2D eigenvalue weighted by molar-refractivity contribution is -0.139. The van der Waals surface area contributed by atoms with Crippen molar-refractivity contribution in [2.45, 2.75) is 51.4 Å². The molecule has 8 heteroatoms. The molecule has 0 fully saturated rings. The van der Waals surface area contributed by atoms with E-state index in [1.165, 1.54) is 11.8 Å². The molecule has 2 amide bonds. The SMILES string of the molecule is CCCCNC(=O)C(CC)N(Cc1c(Cl)cccc1Cl)C(=O)CSCc1ccc(Br)cc1. The topological polar surface area (TPSA) is 49.4 Å². The second-order valence-corrected chi connectivity index (χ2v) is 10.1. The van der Waals surface area contributed by atoms with Crippen LogP contribution in [0.2, 0.25) is 10.0 Å². The van der Waals surface area contributed by atoms with Gasteiger partial charge in [0.25, 0.3) is 0 Å². The molecular weight excluding hydrogens is 531 g/mol. The molecule has 1 atom stereocenters. The van der Waals surface area contributed by atoms with E-state index in [-0.39, 0.29) is 24.1 Å². The molecule has 0 radical (unpaired) electrons. The molecule has 174 valence electrons. The molecule has 32 heavy (non-hydrogen) atoms. The van der Waals surface area contributed by atoms with Gasteiger partial charge >= 0.3 is 0 Å². The van der Waals surface area contributed by atoms with Crippen LogP contribution in [0.5, 0.6) is 0 Å². The van der Waals surface area contributed by atoms with Crippen LogP contribution in [0.15, 0.2) is 46.9 Å². The Bertz CT molecular complexity index is 876. The lowest BCUT2D eigenvalue weighted by atomic mass is 10.1. The summed E-state index contributed by atoms with van der Waals surface area (Å²) in [6, 6.07) is 12.7. The van der Waals surface area contributed by atoms with Gasteiger partial charge in [0, 0.05) is 38.9 Å². The van der Waals surface area contributed by atoms with E-state index in [2.05, 4.69) is 28.2 Å². The van der Waals surface area contributed by atoms with Gasteiger partial charge in [-0.05, 0) is 42.7 Å².